The molecule has 0 radical (unpaired) electrons. The van der Waals surface area contributed by atoms with Crippen molar-refractivity contribution in [1.82, 2.24) is 5.32 Å². The lowest BCUT2D eigenvalue weighted by Gasteiger charge is -2.30. The summed E-state index contributed by atoms with van der Waals surface area (Å²) >= 11 is 0. The SMILES string of the molecule is Cc1ccc([N+](=O)[O-])cc1N([C@@H](C)C(=O)N[C@H](C)c1ccc2c(c1)CCC2)S(C)(=O)=O. The Morgan fingerprint density at radius 3 is 2.45 bits per heavy atom. The van der Waals surface area contributed by atoms with Crippen LogP contribution in [0, 0.1) is 17.0 Å². The third kappa shape index (κ3) is 4.87. The predicted octanol–water partition coefficient (Wildman–Crippen LogP) is 3.42. The molecule has 1 aliphatic carbocycles. The number of amides is 1. The van der Waals surface area contributed by atoms with E-state index in [1.807, 2.05) is 13.0 Å². The molecule has 2 atom stereocenters. The first-order chi connectivity index (χ1) is 14.5. The standard InChI is InChI=1S/C22H27N3O5S/c1-14-8-11-20(25(27)28)13-21(14)24(31(4,29)30)16(3)22(26)23-15(2)18-10-9-17-6-5-7-19(17)12-18/h8-13,15-16H,5-7H2,1-4H3,(H,23,26)/t15-,16+/m1/s1. The molecule has 0 heterocycles. The van der Waals surface area contributed by atoms with Crippen molar-refractivity contribution < 1.29 is 18.1 Å². The lowest BCUT2D eigenvalue weighted by atomic mass is 10.0. The minimum absolute atomic E-state index is 0.115. The number of nitro benzene ring substituents is 1. The molecule has 2 aromatic carbocycles. The van der Waals surface area contributed by atoms with E-state index in [4.69, 9.17) is 0 Å². The number of nitrogens with zero attached hydrogens (tertiary/aromatic N) is 2. The van der Waals surface area contributed by atoms with Crippen molar-refractivity contribution in [3.8, 4) is 0 Å². The highest BCUT2D eigenvalue weighted by molar-refractivity contribution is 7.92. The molecule has 0 aromatic heterocycles. The highest BCUT2D eigenvalue weighted by Gasteiger charge is 2.32. The van der Waals surface area contributed by atoms with Crippen LogP contribution in [0.2, 0.25) is 0 Å². The van der Waals surface area contributed by atoms with Crippen LogP contribution in [0.3, 0.4) is 0 Å². The molecular weight excluding hydrogens is 418 g/mol. The maximum atomic E-state index is 13.0. The number of carbonyl (C=O) groups excluding carboxylic acids is 1. The zero-order valence-electron chi connectivity index (χ0n) is 18.1. The Balaban J connectivity index is 1.87. The average molecular weight is 446 g/mol. The molecule has 3 rings (SSSR count). The van der Waals surface area contributed by atoms with E-state index < -0.39 is 26.9 Å². The van der Waals surface area contributed by atoms with Crippen LogP contribution in [0.4, 0.5) is 11.4 Å². The number of carbonyl (C=O) groups is 1. The Morgan fingerprint density at radius 2 is 1.81 bits per heavy atom. The second-order valence-electron chi connectivity index (χ2n) is 8.07. The molecular formula is C22H27N3O5S. The monoisotopic (exact) mass is 445 g/mol. The van der Waals surface area contributed by atoms with Crippen LogP contribution in [0.25, 0.3) is 0 Å². The molecule has 0 saturated heterocycles. The summed E-state index contributed by atoms with van der Waals surface area (Å²) in [5.41, 5.74) is 3.97. The van der Waals surface area contributed by atoms with Gasteiger partial charge in [0, 0.05) is 12.1 Å². The van der Waals surface area contributed by atoms with Crippen LogP contribution < -0.4 is 9.62 Å². The molecule has 2 aromatic rings. The van der Waals surface area contributed by atoms with Gasteiger partial charge in [0.05, 0.1) is 22.9 Å². The van der Waals surface area contributed by atoms with Gasteiger partial charge in [0.1, 0.15) is 6.04 Å². The van der Waals surface area contributed by atoms with Crippen LogP contribution in [0.5, 0.6) is 0 Å². The van der Waals surface area contributed by atoms with Crippen LogP contribution in [-0.2, 0) is 27.7 Å². The van der Waals surface area contributed by atoms with Gasteiger partial charge in [-0.3, -0.25) is 19.2 Å². The van der Waals surface area contributed by atoms with Crippen LogP contribution in [0.1, 0.15) is 48.6 Å². The quantitative estimate of drug-likeness (QED) is 0.519. The molecule has 1 amide bonds. The Morgan fingerprint density at radius 1 is 1.13 bits per heavy atom. The van der Waals surface area contributed by atoms with Crippen molar-refractivity contribution >= 4 is 27.3 Å². The molecule has 31 heavy (non-hydrogen) atoms. The van der Waals surface area contributed by atoms with E-state index in [2.05, 4.69) is 17.4 Å². The second-order valence-corrected chi connectivity index (χ2v) is 9.93. The van der Waals surface area contributed by atoms with Crippen molar-refractivity contribution in [2.45, 2.75) is 52.1 Å². The molecule has 1 N–H and O–H groups in total. The summed E-state index contributed by atoms with van der Waals surface area (Å²) in [6, 6.07) is 8.73. The normalized spacial score (nSPS) is 15.1. The van der Waals surface area contributed by atoms with Gasteiger partial charge in [-0.05, 0) is 62.3 Å². The van der Waals surface area contributed by atoms with Gasteiger partial charge in [0.2, 0.25) is 15.9 Å². The van der Waals surface area contributed by atoms with Gasteiger partial charge in [-0.15, -0.1) is 0 Å². The van der Waals surface area contributed by atoms with Gasteiger partial charge in [0.25, 0.3) is 5.69 Å². The number of nitro groups is 1. The largest absolute Gasteiger partial charge is 0.348 e. The summed E-state index contributed by atoms with van der Waals surface area (Å²) in [5, 5.41) is 14.1. The molecule has 1 aliphatic rings. The van der Waals surface area contributed by atoms with Gasteiger partial charge in [-0.2, -0.15) is 0 Å². The zero-order chi connectivity index (χ0) is 22.9. The third-order valence-electron chi connectivity index (χ3n) is 5.71. The summed E-state index contributed by atoms with van der Waals surface area (Å²) in [4.78, 5) is 23.6. The molecule has 0 aliphatic heterocycles. The number of sulfonamides is 1. The first-order valence-electron chi connectivity index (χ1n) is 10.2. The lowest BCUT2D eigenvalue weighted by Crippen LogP contribution is -2.48. The minimum Gasteiger partial charge on any atom is -0.348 e. The minimum atomic E-state index is -3.89. The van der Waals surface area contributed by atoms with Crippen molar-refractivity contribution in [2.24, 2.45) is 0 Å². The second kappa shape index (κ2) is 8.66. The Kier molecular flexibility index (Phi) is 6.35. The van der Waals surface area contributed by atoms with Gasteiger partial charge in [-0.25, -0.2) is 8.42 Å². The summed E-state index contributed by atoms with van der Waals surface area (Å²) < 4.78 is 26.1. The van der Waals surface area contributed by atoms with Crippen molar-refractivity contribution in [3.05, 3.63) is 68.8 Å². The van der Waals surface area contributed by atoms with Crippen molar-refractivity contribution in [1.29, 1.82) is 0 Å². The van der Waals surface area contributed by atoms with Crippen molar-refractivity contribution in [3.63, 3.8) is 0 Å². The molecule has 0 fully saturated rings. The molecule has 8 nitrogen and oxygen atoms in total. The Bertz CT molecular complexity index is 1130. The van der Waals surface area contributed by atoms with E-state index in [1.54, 1.807) is 6.92 Å². The topological polar surface area (TPSA) is 110 Å². The Hall–Kier alpha value is -2.94. The van der Waals surface area contributed by atoms with E-state index in [-0.39, 0.29) is 17.4 Å². The summed E-state index contributed by atoms with van der Waals surface area (Å²) in [6.07, 6.45) is 4.20. The number of aryl methyl sites for hydroxylation is 3. The molecule has 0 bridgehead atoms. The van der Waals surface area contributed by atoms with E-state index in [0.29, 0.717) is 5.56 Å². The van der Waals surface area contributed by atoms with Crippen LogP contribution in [-0.4, -0.2) is 31.5 Å². The van der Waals surface area contributed by atoms with E-state index >= 15 is 0 Å². The number of fused-ring (bicyclic) bond motifs is 1. The molecule has 0 spiro atoms. The number of hydrogen-bond acceptors (Lipinski definition) is 5. The van der Waals surface area contributed by atoms with E-state index in [9.17, 15) is 23.3 Å². The zero-order valence-corrected chi connectivity index (χ0v) is 18.9. The lowest BCUT2D eigenvalue weighted by molar-refractivity contribution is -0.384. The first-order valence-corrected chi connectivity index (χ1v) is 12.0. The molecule has 9 heteroatoms. The fourth-order valence-electron chi connectivity index (χ4n) is 4.01. The number of non-ortho nitro benzene ring substituents is 1. The number of anilines is 1. The van der Waals surface area contributed by atoms with Gasteiger partial charge in [-0.1, -0.05) is 24.3 Å². The molecule has 166 valence electrons. The molecule has 0 unspecified atom stereocenters. The predicted molar refractivity (Wildman–Crippen MR) is 120 cm³/mol. The number of benzene rings is 2. The highest BCUT2D eigenvalue weighted by atomic mass is 32.2. The van der Waals surface area contributed by atoms with Gasteiger partial charge in [0.15, 0.2) is 0 Å². The average Bonchev–Trinajstić information content (AvgIpc) is 3.16. The van der Waals surface area contributed by atoms with E-state index in [0.717, 1.165) is 35.4 Å². The number of rotatable bonds is 7. The summed E-state index contributed by atoms with van der Waals surface area (Å²) in [6.45, 7) is 4.98. The van der Waals surface area contributed by atoms with Crippen LogP contribution >= 0.6 is 0 Å². The smallest absolute Gasteiger partial charge is 0.271 e. The third-order valence-corrected chi connectivity index (χ3v) is 6.94. The number of nitrogens with one attached hydrogen (secondary N) is 1. The van der Waals surface area contributed by atoms with Crippen molar-refractivity contribution in [2.75, 3.05) is 10.6 Å². The summed E-state index contributed by atoms with van der Waals surface area (Å²) in [7, 11) is -3.89. The Labute approximate surface area is 182 Å². The van der Waals surface area contributed by atoms with Crippen LogP contribution in [0.15, 0.2) is 36.4 Å². The first kappa shape index (κ1) is 22.7. The maximum absolute atomic E-state index is 13.0. The van der Waals surface area contributed by atoms with Gasteiger partial charge < -0.3 is 5.32 Å². The maximum Gasteiger partial charge on any atom is 0.271 e. The van der Waals surface area contributed by atoms with Gasteiger partial charge >= 0.3 is 0 Å². The molecule has 0 saturated carbocycles. The van der Waals surface area contributed by atoms with E-state index in [1.165, 1.54) is 36.2 Å². The summed E-state index contributed by atoms with van der Waals surface area (Å²) in [5.74, 6) is -0.482. The fraction of sp³-hybridized carbons (Fsp3) is 0.409. The number of hydrogen-bond donors (Lipinski definition) is 1. The highest BCUT2D eigenvalue weighted by Crippen LogP contribution is 2.30. The fourth-order valence-corrected chi connectivity index (χ4v) is 5.23.